The summed E-state index contributed by atoms with van der Waals surface area (Å²) >= 11 is 7.55. The summed E-state index contributed by atoms with van der Waals surface area (Å²) in [5.74, 6) is 5.32. The summed E-state index contributed by atoms with van der Waals surface area (Å²) in [6.45, 7) is 2.45. The van der Waals surface area contributed by atoms with Crippen molar-refractivity contribution in [1.29, 1.82) is 0 Å². The van der Waals surface area contributed by atoms with E-state index in [-0.39, 0.29) is 11.6 Å². The van der Waals surface area contributed by atoms with Crippen LogP contribution in [0.3, 0.4) is 0 Å². The van der Waals surface area contributed by atoms with E-state index in [2.05, 4.69) is 15.7 Å². The first kappa shape index (κ1) is 13.8. The quantitative estimate of drug-likeness (QED) is 0.597. The summed E-state index contributed by atoms with van der Waals surface area (Å²) < 4.78 is 0. The molecule has 5 nitrogen and oxygen atoms in total. The Morgan fingerprint density at radius 1 is 1.47 bits per heavy atom. The molecule has 0 aliphatic heterocycles. The minimum Gasteiger partial charge on any atom is -0.347 e. The molecule has 2 aromatic heterocycles. The molecule has 2 aromatic rings. The van der Waals surface area contributed by atoms with Crippen LogP contribution >= 0.6 is 22.9 Å². The highest BCUT2D eigenvalue weighted by molar-refractivity contribution is 7.08. The number of aryl methyl sites for hydroxylation is 1. The van der Waals surface area contributed by atoms with E-state index in [1.165, 1.54) is 0 Å². The van der Waals surface area contributed by atoms with Gasteiger partial charge >= 0.3 is 0 Å². The van der Waals surface area contributed by atoms with E-state index in [0.29, 0.717) is 17.4 Å². The lowest BCUT2D eigenvalue weighted by Gasteiger charge is -2.07. The van der Waals surface area contributed by atoms with Gasteiger partial charge in [0.1, 0.15) is 11.5 Å². The Balaban J connectivity index is 2.10. The number of hydrogen-bond donors (Lipinski definition) is 3. The number of nitrogens with one attached hydrogen (secondary N) is 2. The van der Waals surface area contributed by atoms with Crippen molar-refractivity contribution in [3.05, 3.63) is 44.7 Å². The third-order valence-corrected chi connectivity index (χ3v) is 3.83. The second kappa shape index (κ2) is 6.01. The van der Waals surface area contributed by atoms with Crippen molar-refractivity contribution in [2.45, 2.75) is 13.5 Å². The van der Waals surface area contributed by atoms with Crippen molar-refractivity contribution >= 4 is 34.7 Å². The van der Waals surface area contributed by atoms with Crippen LogP contribution in [0.1, 0.15) is 21.6 Å². The molecule has 0 unspecified atom stereocenters. The Labute approximate surface area is 119 Å². The van der Waals surface area contributed by atoms with Gasteiger partial charge in [0.25, 0.3) is 5.91 Å². The van der Waals surface area contributed by atoms with E-state index in [9.17, 15) is 4.79 Å². The van der Waals surface area contributed by atoms with E-state index in [1.807, 2.05) is 17.7 Å². The van der Waals surface area contributed by atoms with Gasteiger partial charge in [-0.25, -0.2) is 10.8 Å². The fourth-order valence-corrected chi connectivity index (χ4v) is 2.56. The van der Waals surface area contributed by atoms with Gasteiger partial charge in [-0.05, 0) is 40.9 Å². The van der Waals surface area contributed by atoms with Crippen molar-refractivity contribution in [2.75, 3.05) is 5.43 Å². The number of amides is 1. The van der Waals surface area contributed by atoms with Crippen LogP contribution in [0.4, 0.5) is 5.82 Å². The number of hydrazine groups is 1. The van der Waals surface area contributed by atoms with Gasteiger partial charge in [-0.3, -0.25) is 4.79 Å². The van der Waals surface area contributed by atoms with Crippen LogP contribution in [0.5, 0.6) is 0 Å². The number of hydrogen-bond acceptors (Lipinski definition) is 5. The van der Waals surface area contributed by atoms with E-state index in [4.69, 9.17) is 17.4 Å². The van der Waals surface area contributed by atoms with Gasteiger partial charge in [0.05, 0.1) is 5.02 Å². The highest BCUT2D eigenvalue weighted by atomic mass is 35.5. The molecule has 1 amide bonds. The van der Waals surface area contributed by atoms with Gasteiger partial charge in [0.2, 0.25) is 0 Å². The van der Waals surface area contributed by atoms with Crippen LogP contribution < -0.4 is 16.6 Å². The summed E-state index contributed by atoms with van der Waals surface area (Å²) in [7, 11) is 0. The second-order valence-electron chi connectivity index (χ2n) is 3.93. The lowest BCUT2D eigenvalue weighted by Crippen LogP contribution is -2.25. The maximum atomic E-state index is 12.0. The lowest BCUT2D eigenvalue weighted by atomic mass is 10.2. The third kappa shape index (κ3) is 3.23. The maximum absolute atomic E-state index is 12.0. The molecule has 0 atom stereocenters. The largest absolute Gasteiger partial charge is 0.347 e. The Bertz CT molecular complexity index is 599. The zero-order chi connectivity index (χ0) is 13.8. The van der Waals surface area contributed by atoms with Crippen LogP contribution in [0, 0.1) is 6.92 Å². The van der Waals surface area contributed by atoms with Crippen LogP contribution in [0.2, 0.25) is 5.02 Å². The number of carbonyl (C=O) groups is 1. The molecule has 0 bridgehead atoms. The number of rotatable bonds is 4. The Kier molecular flexibility index (Phi) is 4.36. The molecule has 4 N–H and O–H groups in total. The molecule has 0 radical (unpaired) electrons. The van der Waals surface area contributed by atoms with E-state index in [1.54, 1.807) is 23.5 Å². The predicted molar refractivity (Wildman–Crippen MR) is 77.3 cm³/mol. The summed E-state index contributed by atoms with van der Waals surface area (Å²) in [6.07, 6.45) is 0. The SMILES string of the molecule is Cc1cscc1CNC(=O)c1nc(NN)ccc1Cl. The topological polar surface area (TPSA) is 80.0 Å². The number of nitrogens with two attached hydrogens (primary N) is 1. The molecule has 100 valence electrons. The van der Waals surface area contributed by atoms with Crippen molar-refractivity contribution in [1.82, 2.24) is 10.3 Å². The number of nitrogen functional groups attached to an aromatic ring is 1. The Morgan fingerprint density at radius 3 is 2.89 bits per heavy atom. The van der Waals surface area contributed by atoms with E-state index < -0.39 is 0 Å². The summed E-state index contributed by atoms with van der Waals surface area (Å²) in [5.41, 5.74) is 4.78. The van der Waals surface area contributed by atoms with E-state index in [0.717, 1.165) is 11.1 Å². The number of aromatic nitrogens is 1. The van der Waals surface area contributed by atoms with Crippen molar-refractivity contribution < 1.29 is 4.79 Å². The monoisotopic (exact) mass is 296 g/mol. The van der Waals surface area contributed by atoms with Crippen LogP contribution in [-0.2, 0) is 6.54 Å². The highest BCUT2D eigenvalue weighted by Gasteiger charge is 2.13. The number of carbonyl (C=O) groups excluding carboxylic acids is 1. The molecule has 0 saturated carbocycles. The van der Waals surface area contributed by atoms with Gasteiger partial charge in [0.15, 0.2) is 0 Å². The Morgan fingerprint density at radius 2 is 2.26 bits per heavy atom. The first-order valence-electron chi connectivity index (χ1n) is 5.55. The summed E-state index contributed by atoms with van der Waals surface area (Å²) in [5, 5.41) is 7.11. The molecular weight excluding hydrogens is 284 g/mol. The smallest absolute Gasteiger partial charge is 0.271 e. The molecular formula is C12H13ClN4OS. The zero-order valence-corrected chi connectivity index (χ0v) is 11.8. The number of nitrogens with zero attached hydrogens (tertiary/aromatic N) is 1. The minimum absolute atomic E-state index is 0.157. The normalized spacial score (nSPS) is 10.3. The number of halogens is 1. The van der Waals surface area contributed by atoms with Crippen molar-refractivity contribution in [2.24, 2.45) is 5.84 Å². The van der Waals surface area contributed by atoms with Gasteiger partial charge in [-0.2, -0.15) is 11.3 Å². The van der Waals surface area contributed by atoms with Gasteiger partial charge < -0.3 is 10.7 Å². The Hall–Kier alpha value is -1.63. The molecule has 0 saturated heterocycles. The molecule has 0 spiro atoms. The summed E-state index contributed by atoms with van der Waals surface area (Å²) in [6, 6.07) is 3.18. The van der Waals surface area contributed by atoms with E-state index >= 15 is 0 Å². The number of anilines is 1. The third-order valence-electron chi connectivity index (χ3n) is 2.61. The van der Waals surface area contributed by atoms with Crippen LogP contribution in [-0.4, -0.2) is 10.9 Å². The van der Waals surface area contributed by atoms with Crippen LogP contribution in [0.15, 0.2) is 22.9 Å². The molecule has 2 rings (SSSR count). The first-order chi connectivity index (χ1) is 9.11. The predicted octanol–water partition coefficient (Wildman–Crippen LogP) is 2.32. The standard InChI is InChI=1S/C12H13ClN4OS/c1-7-5-19-6-8(7)4-15-12(18)11-9(13)2-3-10(16-11)17-14/h2-3,5-6H,4,14H2,1H3,(H,15,18)(H,16,17). The zero-order valence-electron chi connectivity index (χ0n) is 10.2. The molecule has 19 heavy (non-hydrogen) atoms. The highest BCUT2D eigenvalue weighted by Crippen LogP contribution is 2.17. The molecule has 0 fully saturated rings. The molecule has 0 aromatic carbocycles. The molecule has 0 aliphatic rings. The molecule has 7 heteroatoms. The average Bonchev–Trinajstić information content (AvgIpc) is 2.82. The van der Waals surface area contributed by atoms with Gasteiger partial charge in [0, 0.05) is 6.54 Å². The maximum Gasteiger partial charge on any atom is 0.271 e. The number of thiophene rings is 1. The van der Waals surface area contributed by atoms with Crippen molar-refractivity contribution in [3.8, 4) is 0 Å². The minimum atomic E-state index is -0.326. The lowest BCUT2D eigenvalue weighted by molar-refractivity contribution is 0.0946. The fourth-order valence-electron chi connectivity index (χ4n) is 1.51. The summed E-state index contributed by atoms with van der Waals surface area (Å²) in [4.78, 5) is 16.1. The molecule has 0 aliphatic carbocycles. The van der Waals surface area contributed by atoms with Gasteiger partial charge in [-0.15, -0.1) is 0 Å². The second-order valence-corrected chi connectivity index (χ2v) is 5.08. The van der Waals surface area contributed by atoms with Crippen LogP contribution in [0.25, 0.3) is 0 Å². The molecule has 2 heterocycles. The van der Waals surface area contributed by atoms with Gasteiger partial charge in [-0.1, -0.05) is 11.6 Å². The number of pyridine rings is 1. The van der Waals surface area contributed by atoms with Crippen molar-refractivity contribution in [3.63, 3.8) is 0 Å². The average molecular weight is 297 g/mol. The fraction of sp³-hybridized carbons (Fsp3) is 0.167. The first-order valence-corrected chi connectivity index (χ1v) is 6.87.